The second-order valence-electron chi connectivity index (χ2n) is 6.20. The van der Waals surface area contributed by atoms with E-state index in [0.29, 0.717) is 6.04 Å². The third-order valence-electron chi connectivity index (χ3n) is 4.02. The van der Waals surface area contributed by atoms with Crippen molar-refractivity contribution in [1.29, 1.82) is 0 Å². The smallest absolute Gasteiger partial charge is 0.128 e. The maximum atomic E-state index is 6.23. The van der Waals surface area contributed by atoms with Crippen LogP contribution in [0.4, 0.5) is 5.82 Å². The fourth-order valence-corrected chi connectivity index (χ4v) is 2.97. The molecule has 2 rings (SSSR count). The minimum Gasteiger partial charge on any atom is -0.359 e. The van der Waals surface area contributed by atoms with E-state index in [0.717, 1.165) is 35.4 Å². The first-order chi connectivity index (χ1) is 9.56. The highest BCUT2D eigenvalue weighted by Crippen LogP contribution is 2.27. The molecule has 1 aliphatic rings. The fraction of sp³-hybridized carbons (Fsp3) is 0.688. The van der Waals surface area contributed by atoms with Crippen LogP contribution in [0.2, 0.25) is 5.02 Å². The lowest BCUT2D eigenvalue weighted by Crippen LogP contribution is -2.26. The van der Waals surface area contributed by atoms with Crippen LogP contribution < -0.4 is 10.2 Å². The molecule has 0 spiro atoms. The van der Waals surface area contributed by atoms with E-state index in [1.165, 1.54) is 25.7 Å². The predicted molar refractivity (Wildman–Crippen MR) is 86.5 cm³/mol. The number of halogens is 1. The second kappa shape index (κ2) is 7.28. The van der Waals surface area contributed by atoms with Crippen LogP contribution in [0.15, 0.2) is 12.3 Å². The van der Waals surface area contributed by atoms with Gasteiger partial charge in [-0.3, -0.25) is 0 Å². The Morgan fingerprint density at radius 2 is 2.10 bits per heavy atom. The molecular weight excluding hydrogens is 270 g/mol. The van der Waals surface area contributed by atoms with Gasteiger partial charge >= 0.3 is 0 Å². The van der Waals surface area contributed by atoms with Crippen molar-refractivity contribution in [1.82, 2.24) is 10.3 Å². The quantitative estimate of drug-likeness (QED) is 0.864. The Morgan fingerprint density at radius 3 is 2.75 bits per heavy atom. The van der Waals surface area contributed by atoms with E-state index < -0.39 is 0 Å². The van der Waals surface area contributed by atoms with Gasteiger partial charge in [0.25, 0.3) is 0 Å². The van der Waals surface area contributed by atoms with Crippen molar-refractivity contribution in [2.24, 2.45) is 5.92 Å². The molecule has 1 aliphatic carbocycles. The molecule has 1 aromatic rings. The summed E-state index contributed by atoms with van der Waals surface area (Å²) in [7, 11) is 2.13. The zero-order valence-corrected chi connectivity index (χ0v) is 13.6. The summed E-state index contributed by atoms with van der Waals surface area (Å²) in [5, 5.41) is 4.16. The number of hydrogen-bond donors (Lipinski definition) is 1. The molecule has 0 amide bonds. The lowest BCUT2D eigenvalue weighted by molar-refractivity contribution is 0.544. The third kappa shape index (κ3) is 4.35. The maximum Gasteiger partial charge on any atom is 0.128 e. The summed E-state index contributed by atoms with van der Waals surface area (Å²) >= 11 is 6.23. The zero-order valence-electron chi connectivity index (χ0n) is 12.8. The molecule has 1 aromatic heterocycles. The fourth-order valence-electron chi connectivity index (χ4n) is 2.80. The van der Waals surface area contributed by atoms with Crippen molar-refractivity contribution in [2.75, 3.05) is 18.5 Å². The number of pyridine rings is 1. The summed E-state index contributed by atoms with van der Waals surface area (Å²) in [5.74, 6) is 1.86. The molecule has 1 heterocycles. The van der Waals surface area contributed by atoms with Crippen molar-refractivity contribution in [3.05, 3.63) is 22.8 Å². The molecule has 0 atom stereocenters. The van der Waals surface area contributed by atoms with Crippen LogP contribution in [0.5, 0.6) is 0 Å². The molecule has 1 saturated carbocycles. The number of nitrogens with one attached hydrogen (secondary N) is 1. The molecule has 4 heteroatoms. The third-order valence-corrected chi connectivity index (χ3v) is 4.36. The molecule has 0 aliphatic heterocycles. The van der Waals surface area contributed by atoms with Crippen LogP contribution in [0, 0.1) is 5.92 Å². The Labute approximate surface area is 127 Å². The summed E-state index contributed by atoms with van der Waals surface area (Å²) in [6.07, 6.45) is 7.27. The molecule has 0 saturated heterocycles. The zero-order chi connectivity index (χ0) is 14.5. The average molecular weight is 296 g/mol. The van der Waals surface area contributed by atoms with Crippen molar-refractivity contribution < 1.29 is 0 Å². The molecule has 1 fully saturated rings. The number of rotatable bonds is 6. The first kappa shape index (κ1) is 15.6. The van der Waals surface area contributed by atoms with E-state index in [9.17, 15) is 0 Å². The van der Waals surface area contributed by atoms with Gasteiger partial charge in [0.15, 0.2) is 0 Å². The molecule has 112 valence electrons. The Bertz CT molecular complexity index is 428. The summed E-state index contributed by atoms with van der Waals surface area (Å²) in [4.78, 5) is 6.74. The first-order valence-electron chi connectivity index (χ1n) is 7.65. The van der Waals surface area contributed by atoms with Crippen LogP contribution in [-0.4, -0.2) is 24.6 Å². The van der Waals surface area contributed by atoms with E-state index in [-0.39, 0.29) is 0 Å². The van der Waals surface area contributed by atoms with Crippen LogP contribution in [-0.2, 0) is 6.54 Å². The van der Waals surface area contributed by atoms with Gasteiger partial charge in [-0.25, -0.2) is 4.98 Å². The summed E-state index contributed by atoms with van der Waals surface area (Å²) in [6, 6.07) is 2.58. The van der Waals surface area contributed by atoms with Crippen LogP contribution >= 0.6 is 11.6 Å². The second-order valence-corrected chi connectivity index (χ2v) is 6.61. The van der Waals surface area contributed by atoms with Crippen LogP contribution in [0.3, 0.4) is 0 Å². The largest absolute Gasteiger partial charge is 0.359 e. The Morgan fingerprint density at radius 1 is 1.40 bits per heavy atom. The minimum absolute atomic E-state index is 0.457. The topological polar surface area (TPSA) is 28.2 Å². The van der Waals surface area contributed by atoms with Crippen molar-refractivity contribution in [3.63, 3.8) is 0 Å². The monoisotopic (exact) mass is 295 g/mol. The van der Waals surface area contributed by atoms with Gasteiger partial charge in [-0.15, -0.1) is 0 Å². The highest BCUT2D eigenvalue weighted by molar-refractivity contribution is 6.31. The van der Waals surface area contributed by atoms with E-state index >= 15 is 0 Å². The van der Waals surface area contributed by atoms with Gasteiger partial charge in [0.1, 0.15) is 5.82 Å². The molecular formula is C16H26ClN3. The van der Waals surface area contributed by atoms with Crippen molar-refractivity contribution in [2.45, 2.75) is 52.1 Å². The van der Waals surface area contributed by atoms with Crippen molar-refractivity contribution >= 4 is 17.4 Å². The Kier molecular flexibility index (Phi) is 5.67. The molecule has 0 radical (unpaired) electrons. The molecule has 1 N–H and O–H groups in total. The molecule has 0 aromatic carbocycles. The highest BCUT2D eigenvalue weighted by atomic mass is 35.5. The van der Waals surface area contributed by atoms with Gasteiger partial charge in [-0.1, -0.05) is 38.3 Å². The van der Waals surface area contributed by atoms with Gasteiger partial charge < -0.3 is 10.2 Å². The van der Waals surface area contributed by atoms with Gasteiger partial charge in [-0.2, -0.15) is 0 Å². The number of anilines is 1. The van der Waals surface area contributed by atoms with Crippen LogP contribution in [0.25, 0.3) is 0 Å². The molecule has 0 unspecified atom stereocenters. The molecule has 0 bridgehead atoms. The summed E-state index contributed by atoms with van der Waals surface area (Å²) in [6.45, 7) is 6.18. The Hall–Kier alpha value is -0.800. The average Bonchev–Trinajstić information content (AvgIpc) is 2.90. The number of hydrogen-bond acceptors (Lipinski definition) is 3. The first-order valence-corrected chi connectivity index (χ1v) is 8.03. The SMILES string of the molecule is CC(C)NCc1cc(N(C)CC2CCCC2)ncc1Cl. The van der Waals surface area contributed by atoms with E-state index in [4.69, 9.17) is 11.6 Å². The van der Waals surface area contributed by atoms with Gasteiger partial charge in [0, 0.05) is 32.4 Å². The van der Waals surface area contributed by atoms with Crippen molar-refractivity contribution in [3.8, 4) is 0 Å². The lowest BCUT2D eigenvalue weighted by atomic mass is 10.1. The molecule has 3 nitrogen and oxygen atoms in total. The number of nitrogens with zero attached hydrogens (tertiary/aromatic N) is 2. The summed E-state index contributed by atoms with van der Waals surface area (Å²) < 4.78 is 0. The van der Waals surface area contributed by atoms with E-state index in [2.05, 4.69) is 42.2 Å². The predicted octanol–water partition coefficient (Wildman–Crippen LogP) is 3.86. The summed E-state index contributed by atoms with van der Waals surface area (Å²) in [5.41, 5.74) is 1.13. The minimum atomic E-state index is 0.457. The number of aromatic nitrogens is 1. The van der Waals surface area contributed by atoms with E-state index in [1.807, 2.05) is 0 Å². The normalized spacial score (nSPS) is 16.1. The van der Waals surface area contributed by atoms with Gasteiger partial charge in [0.2, 0.25) is 0 Å². The molecule has 20 heavy (non-hydrogen) atoms. The Balaban J connectivity index is 2.01. The standard InChI is InChI=1S/C16H26ClN3/c1-12(2)18-9-14-8-16(19-10-15(14)17)20(3)11-13-6-4-5-7-13/h8,10,12-13,18H,4-7,9,11H2,1-3H3. The lowest BCUT2D eigenvalue weighted by Gasteiger charge is -2.23. The van der Waals surface area contributed by atoms with Crippen LogP contribution in [0.1, 0.15) is 45.1 Å². The van der Waals surface area contributed by atoms with Gasteiger partial charge in [0.05, 0.1) is 5.02 Å². The highest BCUT2D eigenvalue weighted by Gasteiger charge is 2.18. The van der Waals surface area contributed by atoms with E-state index in [1.54, 1.807) is 6.20 Å². The van der Waals surface area contributed by atoms with Gasteiger partial charge in [-0.05, 0) is 30.4 Å². The maximum absolute atomic E-state index is 6.23.